The largest absolute Gasteiger partial charge is 0.456 e. The van der Waals surface area contributed by atoms with Crippen LogP contribution in [0.5, 0.6) is 0 Å². The smallest absolute Gasteiger partial charge is 0.138 e. The molecule has 132 valence electrons. The number of hydrogen-bond acceptors (Lipinski definition) is 4. The van der Waals surface area contributed by atoms with Crippen LogP contribution in [0.15, 0.2) is 40.8 Å². The molecule has 3 aromatic rings. The van der Waals surface area contributed by atoms with E-state index in [4.69, 9.17) is 16.6 Å². The molecule has 25 heavy (non-hydrogen) atoms. The second-order valence-corrected chi connectivity index (χ2v) is 6.54. The van der Waals surface area contributed by atoms with E-state index in [1.165, 1.54) is 11.4 Å². The van der Waals surface area contributed by atoms with Crippen LogP contribution in [0.2, 0.25) is 0 Å². The van der Waals surface area contributed by atoms with Gasteiger partial charge in [0.15, 0.2) is 0 Å². The highest BCUT2D eigenvalue weighted by Crippen LogP contribution is 2.31. The Balaban J connectivity index is 2.21. The highest BCUT2D eigenvalue weighted by atomic mass is 32.1. The van der Waals surface area contributed by atoms with Crippen molar-refractivity contribution < 1.29 is 4.42 Å². The monoisotopic (exact) mass is 354 g/mol. The summed E-state index contributed by atoms with van der Waals surface area (Å²) in [6.45, 7) is 12.6. The Kier molecular flexibility index (Phi) is 5.28. The highest BCUT2D eigenvalue weighted by Gasteiger charge is 2.10. The molecule has 0 saturated heterocycles. The maximum Gasteiger partial charge on any atom is 0.138 e. The summed E-state index contributed by atoms with van der Waals surface area (Å²) in [6, 6.07) is 12.7. The Morgan fingerprint density at radius 2 is 1.12 bits per heavy atom. The summed E-state index contributed by atoms with van der Waals surface area (Å²) < 4.78 is 7.14. The van der Waals surface area contributed by atoms with Gasteiger partial charge in [0.1, 0.15) is 11.2 Å². The van der Waals surface area contributed by atoms with Gasteiger partial charge in [-0.2, -0.15) is 0 Å². The van der Waals surface area contributed by atoms with E-state index in [9.17, 15) is 0 Å². The fourth-order valence-electron chi connectivity index (χ4n) is 3.40. The minimum Gasteiger partial charge on any atom is -0.456 e. The fourth-order valence-corrected chi connectivity index (χ4v) is 3.74. The van der Waals surface area contributed by atoms with Crippen LogP contribution >= 0.6 is 12.2 Å². The summed E-state index contributed by atoms with van der Waals surface area (Å²) in [7, 11) is 0. The molecule has 0 N–H and O–H groups in total. The summed E-state index contributed by atoms with van der Waals surface area (Å²) in [5.41, 5.74) is 4.07. The van der Waals surface area contributed by atoms with Gasteiger partial charge in [-0.1, -0.05) is 12.2 Å². The standard InChI is InChI=1S/C21H26N2OS/c1-5-22(6-2)15-9-11-17-19(13-15)24-20-14-16(23(7-3)8-4)10-12-18(20)21(17)25/h9-14H,5-8H2,1-4H3. The molecule has 0 amide bonds. The summed E-state index contributed by atoms with van der Waals surface area (Å²) in [6.07, 6.45) is 0. The molecule has 0 saturated carbocycles. The number of benzene rings is 2. The van der Waals surface area contributed by atoms with Gasteiger partial charge in [0.25, 0.3) is 0 Å². The van der Waals surface area contributed by atoms with Crippen LogP contribution in [0.4, 0.5) is 11.4 Å². The second-order valence-electron chi connectivity index (χ2n) is 6.14. The molecular formula is C21H26N2OS. The van der Waals surface area contributed by atoms with Crippen LogP contribution in [-0.2, 0) is 0 Å². The zero-order valence-electron chi connectivity index (χ0n) is 15.5. The molecule has 4 heteroatoms. The van der Waals surface area contributed by atoms with Crippen molar-refractivity contribution in [3.63, 3.8) is 0 Å². The normalized spacial score (nSPS) is 11.2. The lowest BCUT2D eigenvalue weighted by atomic mass is 10.1. The van der Waals surface area contributed by atoms with Gasteiger partial charge >= 0.3 is 0 Å². The first-order valence-electron chi connectivity index (χ1n) is 9.13. The van der Waals surface area contributed by atoms with Crippen molar-refractivity contribution in [3.05, 3.63) is 40.9 Å². The van der Waals surface area contributed by atoms with Crippen molar-refractivity contribution in [1.82, 2.24) is 0 Å². The van der Waals surface area contributed by atoms with Crippen molar-refractivity contribution in [2.45, 2.75) is 27.7 Å². The molecule has 0 aliphatic rings. The van der Waals surface area contributed by atoms with E-state index in [2.05, 4.69) is 73.9 Å². The molecule has 3 rings (SSSR count). The van der Waals surface area contributed by atoms with Gasteiger partial charge in [0.2, 0.25) is 0 Å². The minimum absolute atomic E-state index is 0.860. The van der Waals surface area contributed by atoms with Gasteiger partial charge in [0.05, 0.1) is 4.51 Å². The second kappa shape index (κ2) is 7.44. The fraction of sp³-hybridized carbons (Fsp3) is 0.381. The molecular weight excluding hydrogens is 328 g/mol. The lowest BCUT2D eigenvalue weighted by molar-refractivity contribution is 0.659. The Bertz CT molecular complexity index is 867. The third kappa shape index (κ3) is 3.23. The Hall–Kier alpha value is -2.07. The number of nitrogens with zero attached hydrogens (tertiary/aromatic N) is 2. The van der Waals surface area contributed by atoms with E-state index in [0.717, 1.165) is 52.6 Å². The van der Waals surface area contributed by atoms with Gasteiger partial charge in [-0.3, -0.25) is 0 Å². The summed E-state index contributed by atoms with van der Waals surface area (Å²) >= 11 is 5.74. The van der Waals surface area contributed by atoms with Crippen LogP contribution in [0.25, 0.3) is 21.9 Å². The van der Waals surface area contributed by atoms with Crippen molar-refractivity contribution in [1.29, 1.82) is 0 Å². The molecule has 0 atom stereocenters. The van der Waals surface area contributed by atoms with E-state index >= 15 is 0 Å². The Morgan fingerprint density at radius 3 is 1.48 bits per heavy atom. The minimum atomic E-state index is 0.860. The lowest BCUT2D eigenvalue weighted by Crippen LogP contribution is -2.21. The Morgan fingerprint density at radius 1 is 0.720 bits per heavy atom. The van der Waals surface area contributed by atoms with Gasteiger partial charge in [-0.25, -0.2) is 0 Å². The van der Waals surface area contributed by atoms with E-state index in [1.807, 2.05) is 0 Å². The SMILES string of the molecule is CCN(CC)c1ccc2c(=S)c3ccc(N(CC)CC)cc3oc2c1. The molecule has 1 heterocycles. The van der Waals surface area contributed by atoms with Crippen LogP contribution < -0.4 is 9.80 Å². The van der Waals surface area contributed by atoms with Crippen molar-refractivity contribution in [3.8, 4) is 0 Å². The molecule has 0 radical (unpaired) electrons. The molecule has 0 unspecified atom stereocenters. The number of hydrogen-bond donors (Lipinski definition) is 0. The third-order valence-electron chi connectivity index (χ3n) is 4.90. The zero-order chi connectivity index (χ0) is 18.0. The first kappa shape index (κ1) is 17.7. The molecule has 0 aliphatic heterocycles. The first-order valence-corrected chi connectivity index (χ1v) is 9.54. The van der Waals surface area contributed by atoms with E-state index in [0.29, 0.717) is 0 Å². The maximum absolute atomic E-state index is 6.27. The van der Waals surface area contributed by atoms with Crippen molar-refractivity contribution >= 4 is 45.5 Å². The topological polar surface area (TPSA) is 19.6 Å². The van der Waals surface area contributed by atoms with Crippen LogP contribution in [0.3, 0.4) is 0 Å². The average molecular weight is 355 g/mol. The molecule has 0 fully saturated rings. The van der Waals surface area contributed by atoms with Gasteiger partial charge < -0.3 is 14.2 Å². The maximum atomic E-state index is 6.27. The zero-order valence-corrected chi connectivity index (χ0v) is 16.3. The summed E-state index contributed by atoms with van der Waals surface area (Å²) in [5, 5.41) is 2.02. The summed E-state index contributed by atoms with van der Waals surface area (Å²) in [5.74, 6) is 0. The summed E-state index contributed by atoms with van der Waals surface area (Å²) in [4.78, 5) is 4.63. The van der Waals surface area contributed by atoms with E-state index < -0.39 is 0 Å². The quantitative estimate of drug-likeness (QED) is 0.399. The number of fused-ring (bicyclic) bond motifs is 2. The predicted octanol–water partition coefficient (Wildman–Crippen LogP) is 6.01. The van der Waals surface area contributed by atoms with Gasteiger partial charge in [-0.15, -0.1) is 0 Å². The van der Waals surface area contributed by atoms with Gasteiger partial charge in [0, 0.05) is 60.5 Å². The lowest BCUT2D eigenvalue weighted by Gasteiger charge is -2.22. The van der Waals surface area contributed by atoms with Crippen molar-refractivity contribution in [2.24, 2.45) is 0 Å². The Labute approximate surface area is 154 Å². The van der Waals surface area contributed by atoms with Gasteiger partial charge in [-0.05, 0) is 52.0 Å². The highest BCUT2D eigenvalue weighted by molar-refractivity contribution is 7.72. The molecule has 0 aliphatic carbocycles. The molecule has 0 bridgehead atoms. The molecule has 0 spiro atoms. The van der Waals surface area contributed by atoms with E-state index in [1.54, 1.807) is 0 Å². The molecule has 1 aromatic heterocycles. The molecule has 2 aromatic carbocycles. The third-order valence-corrected chi connectivity index (χ3v) is 5.34. The van der Waals surface area contributed by atoms with Crippen LogP contribution in [0, 0.1) is 4.51 Å². The predicted molar refractivity (Wildman–Crippen MR) is 112 cm³/mol. The molecule has 3 nitrogen and oxygen atoms in total. The average Bonchev–Trinajstić information content (AvgIpc) is 2.63. The number of rotatable bonds is 6. The van der Waals surface area contributed by atoms with Crippen LogP contribution in [0.1, 0.15) is 27.7 Å². The number of anilines is 2. The van der Waals surface area contributed by atoms with Crippen molar-refractivity contribution in [2.75, 3.05) is 36.0 Å². The first-order chi connectivity index (χ1) is 12.1. The van der Waals surface area contributed by atoms with E-state index in [-0.39, 0.29) is 0 Å². The van der Waals surface area contributed by atoms with Crippen LogP contribution in [-0.4, -0.2) is 26.2 Å².